The summed E-state index contributed by atoms with van der Waals surface area (Å²) in [5.41, 5.74) is 1.14. The number of anilines is 2. The van der Waals surface area contributed by atoms with Gasteiger partial charge >= 0.3 is 0 Å². The predicted molar refractivity (Wildman–Crippen MR) is 79.6 cm³/mol. The van der Waals surface area contributed by atoms with E-state index < -0.39 is 0 Å². The lowest BCUT2D eigenvalue weighted by atomic mass is 9.82. The van der Waals surface area contributed by atoms with Gasteiger partial charge in [-0.2, -0.15) is 0 Å². The van der Waals surface area contributed by atoms with E-state index in [1.54, 1.807) is 6.20 Å². The van der Waals surface area contributed by atoms with Crippen LogP contribution in [-0.4, -0.2) is 28.0 Å². The minimum absolute atomic E-state index is 0.277. The quantitative estimate of drug-likeness (QED) is 0.888. The molecule has 0 aliphatic carbocycles. The third kappa shape index (κ3) is 2.97. The standard InChI is InChI=1S/C14H23N5/c1-10(14(2,3)4)8-17-12-13-16-6-7-19(13)9-11(15-5)18-12/h6-7,9-10,15H,8H2,1-5H3,(H,17,18). The van der Waals surface area contributed by atoms with E-state index >= 15 is 0 Å². The molecule has 0 fully saturated rings. The summed E-state index contributed by atoms with van der Waals surface area (Å²) in [6.07, 6.45) is 5.64. The summed E-state index contributed by atoms with van der Waals surface area (Å²) in [6, 6.07) is 0. The maximum Gasteiger partial charge on any atom is 0.180 e. The molecule has 0 bridgehead atoms. The highest BCUT2D eigenvalue weighted by Crippen LogP contribution is 2.26. The predicted octanol–water partition coefficient (Wildman–Crippen LogP) is 2.87. The molecule has 1 atom stereocenters. The van der Waals surface area contributed by atoms with Gasteiger partial charge in [0.05, 0.1) is 6.20 Å². The van der Waals surface area contributed by atoms with Crippen molar-refractivity contribution in [1.29, 1.82) is 0 Å². The molecule has 2 heterocycles. The number of nitrogens with zero attached hydrogens (tertiary/aromatic N) is 3. The van der Waals surface area contributed by atoms with E-state index in [1.165, 1.54) is 0 Å². The van der Waals surface area contributed by atoms with E-state index in [0.29, 0.717) is 5.92 Å². The molecule has 19 heavy (non-hydrogen) atoms. The van der Waals surface area contributed by atoms with E-state index in [2.05, 4.69) is 48.3 Å². The fourth-order valence-electron chi connectivity index (χ4n) is 1.73. The van der Waals surface area contributed by atoms with Crippen molar-refractivity contribution in [3.8, 4) is 0 Å². The summed E-state index contributed by atoms with van der Waals surface area (Å²) in [5, 5.41) is 6.49. The van der Waals surface area contributed by atoms with Gasteiger partial charge < -0.3 is 15.0 Å². The molecule has 0 aliphatic heterocycles. The molecule has 0 aliphatic rings. The van der Waals surface area contributed by atoms with Gasteiger partial charge in [-0.1, -0.05) is 27.7 Å². The van der Waals surface area contributed by atoms with Crippen LogP contribution in [0.4, 0.5) is 11.6 Å². The van der Waals surface area contributed by atoms with Crippen LogP contribution in [0.2, 0.25) is 0 Å². The molecule has 0 radical (unpaired) electrons. The summed E-state index contributed by atoms with van der Waals surface area (Å²) >= 11 is 0. The molecule has 5 nitrogen and oxygen atoms in total. The van der Waals surface area contributed by atoms with Crippen LogP contribution in [0.3, 0.4) is 0 Å². The lowest BCUT2D eigenvalue weighted by molar-refractivity contribution is 0.274. The van der Waals surface area contributed by atoms with Crippen molar-refractivity contribution in [3.63, 3.8) is 0 Å². The summed E-state index contributed by atoms with van der Waals surface area (Å²) < 4.78 is 1.98. The Labute approximate surface area is 114 Å². The molecule has 104 valence electrons. The molecule has 2 aromatic heterocycles. The number of imidazole rings is 1. The number of fused-ring (bicyclic) bond motifs is 1. The average Bonchev–Trinajstić information content (AvgIpc) is 2.82. The normalized spacial score (nSPS) is 13.5. The molecule has 5 heteroatoms. The van der Waals surface area contributed by atoms with Gasteiger partial charge in [-0.3, -0.25) is 0 Å². The summed E-state index contributed by atoms with van der Waals surface area (Å²) in [6.45, 7) is 9.88. The van der Waals surface area contributed by atoms with Crippen LogP contribution < -0.4 is 10.6 Å². The molecule has 2 N–H and O–H groups in total. The fourth-order valence-corrected chi connectivity index (χ4v) is 1.73. The van der Waals surface area contributed by atoms with Crippen molar-refractivity contribution in [2.45, 2.75) is 27.7 Å². The Morgan fingerprint density at radius 1 is 1.37 bits per heavy atom. The maximum atomic E-state index is 4.54. The highest BCUT2D eigenvalue weighted by Gasteiger charge is 2.20. The van der Waals surface area contributed by atoms with Gasteiger partial charge in [0.15, 0.2) is 11.5 Å². The van der Waals surface area contributed by atoms with Crippen LogP contribution in [0.5, 0.6) is 0 Å². The molecular weight excluding hydrogens is 238 g/mol. The molecule has 2 aromatic rings. The molecule has 0 saturated carbocycles. The van der Waals surface area contributed by atoms with E-state index in [4.69, 9.17) is 0 Å². The van der Waals surface area contributed by atoms with Gasteiger partial charge in [-0.25, -0.2) is 9.97 Å². The second-order valence-corrected chi connectivity index (χ2v) is 6.03. The molecule has 0 aromatic carbocycles. The van der Waals surface area contributed by atoms with Crippen molar-refractivity contribution in [2.75, 3.05) is 24.2 Å². The number of hydrogen-bond acceptors (Lipinski definition) is 4. The zero-order valence-electron chi connectivity index (χ0n) is 12.4. The smallest absolute Gasteiger partial charge is 0.180 e. The molecule has 2 rings (SSSR count). The van der Waals surface area contributed by atoms with Crippen molar-refractivity contribution in [1.82, 2.24) is 14.4 Å². The SMILES string of the molecule is CNc1cn2ccnc2c(NCC(C)C(C)(C)C)n1. The van der Waals surface area contributed by atoms with E-state index in [9.17, 15) is 0 Å². The zero-order chi connectivity index (χ0) is 14.0. The van der Waals surface area contributed by atoms with Crippen LogP contribution in [0.15, 0.2) is 18.6 Å². The summed E-state index contributed by atoms with van der Waals surface area (Å²) in [7, 11) is 1.87. The largest absolute Gasteiger partial charge is 0.372 e. The Kier molecular flexibility index (Phi) is 3.64. The van der Waals surface area contributed by atoms with Gasteiger partial charge in [0.2, 0.25) is 0 Å². The Hall–Kier alpha value is -1.78. The van der Waals surface area contributed by atoms with Gasteiger partial charge in [0, 0.05) is 26.0 Å². The van der Waals surface area contributed by atoms with Crippen molar-refractivity contribution in [3.05, 3.63) is 18.6 Å². The molecule has 0 amide bonds. The number of hydrogen-bond donors (Lipinski definition) is 2. The van der Waals surface area contributed by atoms with E-state index in [1.807, 2.05) is 23.8 Å². The Morgan fingerprint density at radius 3 is 2.74 bits per heavy atom. The highest BCUT2D eigenvalue weighted by atomic mass is 15.1. The van der Waals surface area contributed by atoms with Gasteiger partial charge in [0.1, 0.15) is 5.82 Å². The van der Waals surface area contributed by atoms with Gasteiger partial charge in [-0.15, -0.1) is 0 Å². The van der Waals surface area contributed by atoms with Crippen LogP contribution >= 0.6 is 0 Å². The van der Waals surface area contributed by atoms with E-state index in [0.717, 1.165) is 23.8 Å². The first-order valence-corrected chi connectivity index (χ1v) is 6.67. The van der Waals surface area contributed by atoms with E-state index in [-0.39, 0.29) is 5.41 Å². The fraction of sp³-hybridized carbons (Fsp3) is 0.571. The van der Waals surface area contributed by atoms with Crippen LogP contribution in [0.25, 0.3) is 5.65 Å². The molecule has 1 unspecified atom stereocenters. The summed E-state index contributed by atoms with van der Waals surface area (Å²) in [4.78, 5) is 8.88. The van der Waals surface area contributed by atoms with Gasteiger partial charge in [-0.05, 0) is 11.3 Å². The average molecular weight is 261 g/mol. The molecule has 0 spiro atoms. The third-order valence-electron chi connectivity index (χ3n) is 3.68. The van der Waals surface area contributed by atoms with Crippen molar-refractivity contribution < 1.29 is 0 Å². The van der Waals surface area contributed by atoms with Gasteiger partial charge in [0.25, 0.3) is 0 Å². The van der Waals surface area contributed by atoms with Crippen LogP contribution in [0.1, 0.15) is 27.7 Å². The third-order valence-corrected chi connectivity index (χ3v) is 3.68. The lowest BCUT2D eigenvalue weighted by Crippen LogP contribution is -2.25. The topological polar surface area (TPSA) is 54.2 Å². The Balaban J connectivity index is 2.22. The molecular formula is C14H23N5. The maximum absolute atomic E-state index is 4.54. The first-order chi connectivity index (χ1) is 8.91. The van der Waals surface area contributed by atoms with Crippen LogP contribution in [0, 0.1) is 11.3 Å². The number of rotatable bonds is 4. The zero-order valence-corrected chi connectivity index (χ0v) is 12.4. The number of aromatic nitrogens is 3. The minimum Gasteiger partial charge on any atom is -0.372 e. The second-order valence-electron chi connectivity index (χ2n) is 6.03. The highest BCUT2D eigenvalue weighted by molar-refractivity contribution is 5.65. The van der Waals surface area contributed by atoms with Crippen molar-refractivity contribution >= 4 is 17.3 Å². The van der Waals surface area contributed by atoms with Crippen LogP contribution in [-0.2, 0) is 0 Å². The first-order valence-electron chi connectivity index (χ1n) is 6.67. The lowest BCUT2D eigenvalue weighted by Gasteiger charge is -2.27. The van der Waals surface area contributed by atoms with Crippen molar-refractivity contribution in [2.24, 2.45) is 11.3 Å². The molecule has 0 saturated heterocycles. The monoisotopic (exact) mass is 261 g/mol. The Morgan fingerprint density at radius 2 is 2.11 bits per heavy atom. The Bertz CT molecular complexity index is 552. The number of nitrogens with one attached hydrogen (secondary N) is 2. The second kappa shape index (κ2) is 5.07. The summed E-state index contributed by atoms with van der Waals surface area (Å²) in [5.74, 6) is 2.20. The first kappa shape index (κ1) is 13.6. The minimum atomic E-state index is 0.277.